The lowest BCUT2D eigenvalue weighted by atomic mass is 10.0. The zero-order valence-corrected chi connectivity index (χ0v) is 11.4. The minimum absolute atomic E-state index is 0.886. The standard InChI is InChI=1S/C16H17NS/c1-2-3-6-11-9-12(17)10-14-13-7-4-5-8-15(13)18-16(11)14/h4-5,7-10H,2-3,6,17H2,1H3. The van der Waals surface area contributed by atoms with Crippen LogP contribution in [0.15, 0.2) is 36.4 Å². The maximum atomic E-state index is 6.05. The Morgan fingerprint density at radius 3 is 2.78 bits per heavy atom. The number of nitrogen functional groups attached to an aromatic ring is 1. The van der Waals surface area contributed by atoms with Gasteiger partial charge in [0.05, 0.1) is 0 Å². The first-order valence-corrected chi connectivity index (χ1v) is 7.31. The molecule has 92 valence electrons. The van der Waals surface area contributed by atoms with Crippen molar-refractivity contribution in [2.45, 2.75) is 26.2 Å². The molecule has 0 aliphatic carbocycles. The molecule has 0 unspecified atom stereocenters. The van der Waals surface area contributed by atoms with Crippen molar-refractivity contribution in [1.29, 1.82) is 0 Å². The fourth-order valence-electron chi connectivity index (χ4n) is 2.48. The number of anilines is 1. The summed E-state index contributed by atoms with van der Waals surface area (Å²) in [6, 6.07) is 12.9. The maximum Gasteiger partial charge on any atom is 0.0388 e. The fraction of sp³-hybridized carbons (Fsp3) is 0.250. The Kier molecular flexibility index (Phi) is 2.96. The molecule has 0 fully saturated rings. The molecule has 0 aliphatic rings. The summed E-state index contributed by atoms with van der Waals surface area (Å²) >= 11 is 1.89. The molecule has 0 amide bonds. The van der Waals surface area contributed by atoms with E-state index in [2.05, 4.69) is 43.3 Å². The number of nitrogens with two attached hydrogens (primary N) is 1. The van der Waals surface area contributed by atoms with Crippen molar-refractivity contribution in [2.75, 3.05) is 5.73 Å². The molecule has 0 saturated carbocycles. The normalized spacial score (nSPS) is 11.4. The van der Waals surface area contributed by atoms with Gasteiger partial charge in [0.2, 0.25) is 0 Å². The van der Waals surface area contributed by atoms with E-state index >= 15 is 0 Å². The Hall–Kier alpha value is -1.54. The number of rotatable bonds is 3. The third-order valence-corrected chi connectivity index (χ3v) is 4.64. The van der Waals surface area contributed by atoms with Gasteiger partial charge < -0.3 is 5.73 Å². The van der Waals surface area contributed by atoms with Crippen LogP contribution in [0.1, 0.15) is 25.3 Å². The minimum Gasteiger partial charge on any atom is -0.399 e. The first kappa shape index (κ1) is 11.5. The second-order valence-corrected chi connectivity index (χ2v) is 5.81. The number of hydrogen-bond acceptors (Lipinski definition) is 2. The van der Waals surface area contributed by atoms with E-state index in [1.54, 1.807) is 0 Å². The second-order valence-electron chi connectivity index (χ2n) is 4.76. The summed E-state index contributed by atoms with van der Waals surface area (Å²) in [5.41, 5.74) is 8.35. The Labute approximate surface area is 111 Å². The van der Waals surface area contributed by atoms with Crippen LogP contribution in [-0.4, -0.2) is 0 Å². The fourth-order valence-corrected chi connectivity index (χ4v) is 3.70. The Balaban J connectivity index is 2.29. The van der Waals surface area contributed by atoms with Gasteiger partial charge in [0.25, 0.3) is 0 Å². The number of thiophene rings is 1. The summed E-state index contributed by atoms with van der Waals surface area (Å²) in [4.78, 5) is 0. The highest BCUT2D eigenvalue weighted by molar-refractivity contribution is 7.26. The van der Waals surface area contributed by atoms with Gasteiger partial charge in [0.15, 0.2) is 0 Å². The van der Waals surface area contributed by atoms with Gasteiger partial charge in [-0.2, -0.15) is 0 Å². The van der Waals surface area contributed by atoms with Gasteiger partial charge in [0.1, 0.15) is 0 Å². The Bertz CT molecular complexity index is 697. The molecule has 2 heteroatoms. The molecule has 0 radical (unpaired) electrons. The van der Waals surface area contributed by atoms with Crippen LogP contribution in [0.4, 0.5) is 5.69 Å². The van der Waals surface area contributed by atoms with E-state index in [0.717, 1.165) is 12.1 Å². The van der Waals surface area contributed by atoms with Gasteiger partial charge in [0, 0.05) is 25.9 Å². The third-order valence-electron chi connectivity index (χ3n) is 3.38. The molecule has 3 rings (SSSR count). The highest BCUT2D eigenvalue weighted by atomic mass is 32.1. The molecule has 0 spiro atoms. The summed E-state index contributed by atoms with van der Waals surface area (Å²) in [6.45, 7) is 2.23. The molecule has 2 N–H and O–H groups in total. The van der Waals surface area contributed by atoms with Crippen molar-refractivity contribution in [3.63, 3.8) is 0 Å². The highest BCUT2D eigenvalue weighted by Crippen LogP contribution is 2.37. The topological polar surface area (TPSA) is 26.0 Å². The second kappa shape index (κ2) is 4.62. The zero-order valence-electron chi connectivity index (χ0n) is 10.6. The van der Waals surface area contributed by atoms with Crippen LogP contribution >= 0.6 is 11.3 Å². The van der Waals surface area contributed by atoms with Crippen LogP contribution in [0.2, 0.25) is 0 Å². The van der Waals surface area contributed by atoms with Crippen molar-refractivity contribution in [2.24, 2.45) is 0 Å². The molecule has 0 aliphatic heterocycles. The monoisotopic (exact) mass is 255 g/mol. The molecule has 1 nitrogen and oxygen atoms in total. The van der Waals surface area contributed by atoms with Crippen molar-refractivity contribution >= 4 is 37.2 Å². The predicted octanol–water partition coefficient (Wildman–Crippen LogP) is 4.98. The van der Waals surface area contributed by atoms with Crippen molar-refractivity contribution in [3.05, 3.63) is 42.0 Å². The number of fused-ring (bicyclic) bond motifs is 3. The molecular formula is C16H17NS. The van der Waals surface area contributed by atoms with Crippen LogP contribution in [0.5, 0.6) is 0 Å². The molecular weight excluding hydrogens is 238 g/mol. The molecule has 0 bridgehead atoms. The largest absolute Gasteiger partial charge is 0.399 e. The molecule has 1 heterocycles. The Morgan fingerprint density at radius 1 is 1.11 bits per heavy atom. The summed E-state index contributed by atoms with van der Waals surface area (Å²) in [7, 11) is 0. The van der Waals surface area contributed by atoms with Crippen LogP contribution in [0.3, 0.4) is 0 Å². The third kappa shape index (κ3) is 1.87. The van der Waals surface area contributed by atoms with Crippen LogP contribution in [-0.2, 0) is 6.42 Å². The van der Waals surface area contributed by atoms with E-state index in [0.29, 0.717) is 0 Å². The lowest BCUT2D eigenvalue weighted by Gasteiger charge is -2.04. The summed E-state index contributed by atoms with van der Waals surface area (Å²) < 4.78 is 2.77. The smallest absolute Gasteiger partial charge is 0.0388 e. The number of unbranched alkanes of at least 4 members (excludes halogenated alkanes) is 1. The lowest BCUT2D eigenvalue weighted by Crippen LogP contribution is -1.90. The van der Waals surface area contributed by atoms with Crippen LogP contribution in [0, 0.1) is 0 Å². The van der Waals surface area contributed by atoms with Gasteiger partial charge >= 0.3 is 0 Å². The molecule has 3 aromatic rings. The summed E-state index contributed by atoms with van der Waals surface area (Å²) in [5, 5.41) is 2.66. The van der Waals surface area contributed by atoms with Crippen LogP contribution < -0.4 is 5.73 Å². The van der Waals surface area contributed by atoms with Crippen molar-refractivity contribution in [3.8, 4) is 0 Å². The van der Waals surface area contributed by atoms with Gasteiger partial charge in [-0.25, -0.2) is 0 Å². The van der Waals surface area contributed by atoms with Gasteiger partial charge in [-0.15, -0.1) is 11.3 Å². The Morgan fingerprint density at radius 2 is 1.94 bits per heavy atom. The van der Waals surface area contributed by atoms with E-state index < -0.39 is 0 Å². The molecule has 0 atom stereocenters. The predicted molar refractivity (Wildman–Crippen MR) is 82.4 cm³/mol. The molecule has 0 saturated heterocycles. The van der Waals surface area contributed by atoms with Crippen molar-refractivity contribution in [1.82, 2.24) is 0 Å². The number of benzene rings is 2. The molecule has 1 aromatic heterocycles. The van der Waals surface area contributed by atoms with Crippen molar-refractivity contribution < 1.29 is 0 Å². The van der Waals surface area contributed by atoms with Gasteiger partial charge in [-0.1, -0.05) is 31.5 Å². The number of aryl methyl sites for hydroxylation is 1. The minimum atomic E-state index is 0.886. The zero-order chi connectivity index (χ0) is 12.5. The van der Waals surface area contributed by atoms with Crippen LogP contribution in [0.25, 0.3) is 20.2 Å². The maximum absolute atomic E-state index is 6.05. The van der Waals surface area contributed by atoms with E-state index in [9.17, 15) is 0 Å². The molecule has 18 heavy (non-hydrogen) atoms. The van der Waals surface area contributed by atoms with E-state index in [-0.39, 0.29) is 0 Å². The van der Waals surface area contributed by atoms with E-state index in [1.807, 2.05) is 11.3 Å². The quantitative estimate of drug-likeness (QED) is 0.656. The first-order chi connectivity index (χ1) is 8.79. The van der Waals surface area contributed by atoms with Gasteiger partial charge in [-0.3, -0.25) is 0 Å². The van der Waals surface area contributed by atoms with E-state index in [4.69, 9.17) is 5.73 Å². The average Bonchev–Trinajstić information content (AvgIpc) is 2.75. The summed E-state index contributed by atoms with van der Waals surface area (Å²) in [6.07, 6.45) is 3.58. The van der Waals surface area contributed by atoms with E-state index in [1.165, 1.54) is 38.6 Å². The van der Waals surface area contributed by atoms with Gasteiger partial charge in [-0.05, 0) is 36.6 Å². The molecule has 2 aromatic carbocycles. The number of hydrogen-bond donors (Lipinski definition) is 1. The SMILES string of the molecule is CCCCc1cc(N)cc2c1sc1ccccc12. The highest BCUT2D eigenvalue weighted by Gasteiger charge is 2.09. The summed E-state index contributed by atoms with van der Waals surface area (Å²) in [5.74, 6) is 0. The lowest BCUT2D eigenvalue weighted by molar-refractivity contribution is 0.800. The first-order valence-electron chi connectivity index (χ1n) is 6.49. The average molecular weight is 255 g/mol.